The summed E-state index contributed by atoms with van der Waals surface area (Å²) in [5.41, 5.74) is 0.391. The number of rotatable bonds is 4. The Morgan fingerprint density at radius 3 is 3.00 bits per heavy atom. The van der Waals surface area contributed by atoms with Crippen molar-refractivity contribution in [2.45, 2.75) is 13.5 Å². The summed E-state index contributed by atoms with van der Waals surface area (Å²) >= 11 is 7.44. The molecule has 0 spiro atoms. The van der Waals surface area contributed by atoms with Crippen molar-refractivity contribution >= 4 is 22.9 Å². The van der Waals surface area contributed by atoms with Crippen LogP contribution < -0.4 is 5.32 Å². The first-order valence-corrected chi connectivity index (χ1v) is 6.51. The summed E-state index contributed by atoms with van der Waals surface area (Å²) in [7, 11) is 0. The van der Waals surface area contributed by atoms with Gasteiger partial charge in [-0.05, 0) is 18.7 Å². The van der Waals surface area contributed by atoms with Crippen LogP contribution in [0.4, 0.5) is 4.39 Å². The van der Waals surface area contributed by atoms with Gasteiger partial charge >= 0.3 is 0 Å². The van der Waals surface area contributed by atoms with E-state index in [1.807, 2.05) is 6.92 Å². The van der Waals surface area contributed by atoms with E-state index in [0.717, 1.165) is 18.0 Å². The third-order valence-corrected chi connectivity index (χ3v) is 3.61. The Morgan fingerprint density at radius 2 is 2.29 bits per heavy atom. The molecular weight excluding hydrogens is 259 g/mol. The first-order valence-electron chi connectivity index (χ1n) is 5.32. The van der Waals surface area contributed by atoms with Crippen LogP contribution in [0.3, 0.4) is 0 Å². The maximum atomic E-state index is 13.7. The largest absolute Gasteiger partial charge is 0.312 e. The van der Waals surface area contributed by atoms with Gasteiger partial charge in [0, 0.05) is 17.6 Å². The van der Waals surface area contributed by atoms with E-state index in [1.54, 1.807) is 18.3 Å². The number of aromatic nitrogens is 1. The lowest BCUT2D eigenvalue weighted by molar-refractivity contribution is 0.631. The van der Waals surface area contributed by atoms with E-state index in [9.17, 15) is 4.39 Å². The van der Waals surface area contributed by atoms with Gasteiger partial charge in [0.15, 0.2) is 0 Å². The molecule has 0 atom stereocenters. The fourth-order valence-electron chi connectivity index (χ4n) is 1.46. The number of benzene rings is 1. The molecule has 2 rings (SSSR count). The fourth-order valence-corrected chi connectivity index (χ4v) is 2.71. The van der Waals surface area contributed by atoms with Gasteiger partial charge in [0.2, 0.25) is 0 Å². The highest BCUT2D eigenvalue weighted by molar-refractivity contribution is 7.15. The van der Waals surface area contributed by atoms with Crippen LogP contribution in [0.15, 0.2) is 24.4 Å². The quantitative estimate of drug-likeness (QED) is 0.916. The molecule has 0 saturated heterocycles. The molecule has 0 unspecified atom stereocenters. The fraction of sp³-hybridized carbons (Fsp3) is 0.250. The average molecular weight is 271 g/mol. The molecular formula is C12H12ClFN2S. The number of thiazole rings is 1. The van der Waals surface area contributed by atoms with E-state index in [2.05, 4.69) is 10.3 Å². The lowest BCUT2D eigenvalue weighted by Crippen LogP contribution is -2.10. The molecule has 90 valence electrons. The van der Waals surface area contributed by atoms with Crippen molar-refractivity contribution in [3.05, 3.63) is 40.1 Å². The molecule has 0 fully saturated rings. The second kappa shape index (κ2) is 5.58. The van der Waals surface area contributed by atoms with Gasteiger partial charge in [-0.25, -0.2) is 9.37 Å². The van der Waals surface area contributed by atoms with Crippen molar-refractivity contribution in [2.75, 3.05) is 6.54 Å². The molecule has 0 amide bonds. The van der Waals surface area contributed by atoms with Crippen LogP contribution in [0.1, 0.15) is 11.8 Å². The Kier molecular flexibility index (Phi) is 4.10. The summed E-state index contributed by atoms with van der Waals surface area (Å²) in [5, 5.41) is 4.23. The predicted molar refractivity (Wildman–Crippen MR) is 69.9 cm³/mol. The minimum atomic E-state index is -0.332. The van der Waals surface area contributed by atoms with E-state index in [-0.39, 0.29) is 5.82 Å². The van der Waals surface area contributed by atoms with Gasteiger partial charge in [-0.3, -0.25) is 0 Å². The molecule has 17 heavy (non-hydrogen) atoms. The Balaban J connectivity index is 2.30. The third kappa shape index (κ3) is 2.83. The Hall–Kier alpha value is -0.970. The molecule has 1 N–H and O–H groups in total. The molecule has 1 aromatic carbocycles. The van der Waals surface area contributed by atoms with Gasteiger partial charge in [-0.2, -0.15) is 0 Å². The van der Waals surface area contributed by atoms with Crippen molar-refractivity contribution in [3.63, 3.8) is 0 Å². The third-order valence-electron chi connectivity index (χ3n) is 2.28. The Morgan fingerprint density at radius 1 is 1.47 bits per heavy atom. The van der Waals surface area contributed by atoms with Crippen molar-refractivity contribution in [3.8, 4) is 10.6 Å². The van der Waals surface area contributed by atoms with Crippen LogP contribution in [-0.4, -0.2) is 11.5 Å². The summed E-state index contributed by atoms with van der Waals surface area (Å²) < 4.78 is 13.7. The highest BCUT2D eigenvalue weighted by Crippen LogP contribution is 2.33. The lowest BCUT2D eigenvalue weighted by atomic mass is 10.2. The van der Waals surface area contributed by atoms with Crippen LogP contribution >= 0.6 is 22.9 Å². The molecule has 2 aromatic rings. The number of hydrogen-bond acceptors (Lipinski definition) is 3. The lowest BCUT2D eigenvalue weighted by Gasteiger charge is -2.01. The summed E-state index contributed by atoms with van der Waals surface area (Å²) in [6.45, 7) is 3.68. The zero-order valence-corrected chi connectivity index (χ0v) is 10.9. The molecule has 0 saturated carbocycles. The molecule has 0 radical (unpaired) electrons. The molecule has 0 aliphatic heterocycles. The second-order valence-corrected chi connectivity index (χ2v) is 5.03. The second-order valence-electron chi connectivity index (χ2n) is 3.51. The normalized spacial score (nSPS) is 10.8. The standard InChI is InChI=1S/C12H12ClFN2S/c1-2-15-6-8-7-16-12(17-8)11-9(13)4-3-5-10(11)14/h3-5,7,15H,2,6H2,1H3. The summed E-state index contributed by atoms with van der Waals surface area (Å²) in [5.74, 6) is -0.332. The van der Waals surface area contributed by atoms with Crippen LogP contribution in [0.2, 0.25) is 5.02 Å². The molecule has 5 heteroatoms. The van der Waals surface area contributed by atoms with Gasteiger partial charge < -0.3 is 5.32 Å². The summed E-state index contributed by atoms with van der Waals surface area (Å²) in [4.78, 5) is 5.29. The van der Waals surface area contributed by atoms with Gasteiger partial charge in [0.1, 0.15) is 10.8 Å². The van der Waals surface area contributed by atoms with Crippen LogP contribution in [0, 0.1) is 5.82 Å². The molecule has 1 heterocycles. The van der Waals surface area contributed by atoms with E-state index in [0.29, 0.717) is 15.6 Å². The van der Waals surface area contributed by atoms with Crippen molar-refractivity contribution in [1.82, 2.24) is 10.3 Å². The van der Waals surface area contributed by atoms with Crippen molar-refractivity contribution in [1.29, 1.82) is 0 Å². The zero-order chi connectivity index (χ0) is 12.3. The Bertz CT molecular complexity index is 493. The molecule has 1 aromatic heterocycles. The predicted octanol–water partition coefficient (Wildman–Crippen LogP) is 3.71. The van der Waals surface area contributed by atoms with E-state index in [1.165, 1.54) is 17.4 Å². The minimum absolute atomic E-state index is 0.332. The van der Waals surface area contributed by atoms with E-state index >= 15 is 0 Å². The van der Waals surface area contributed by atoms with Gasteiger partial charge in [-0.15, -0.1) is 11.3 Å². The van der Waals surface area contributed by atoms with Crippen molar-refractivity contribution < 1.29 is 4.39 Å². The summed E-state index contributed by atoms with van der Waals surface area (Å²) in [6, 6.07) is 4.66. The van der Waals surface area contributed by atoms with E-state index in [4.69, 9.17) is 11.6 Å². The molecule has 0 aliphatic rings. The smallest absolute Gasteiger partial charge is 0.134 e. The highest BCUT2D eigenvalue weighted by Gasteiger charge is 2.13. The van der Waals surface area contributed by atoms with E-state index < -0.39 is 0 Å². The average Bonchev–Trinajstić information content (AvgIpc) is 2.75. The number of nitrogens with one attached hydrogen (secondary N) is 1. The van der Waals surface area contributed by atoms with Gasteiger partial charge in [0.05, 0.1) is 10.6 Å². The monoisotopic (exact) mass is 270 g/mol. The van der Waals surface area contributed by atoms with Gasteiger partial charge in [-0.1, -0.05) is 24.6 Å². The topological polar surface area (TPSA) is 24.9 Å². The first kappa shape index (κ1) is 12.5. The zero-order valence-electron chi connectivity index (χ0n) is 9.34. The van der Waals surface area contributed by atoms with Crippen LogP contribution in [-0.2, 0) is 6.54 Å². The first-order chi connectivity index (χ1) is 8.22. The number of hydrogen-bond donors (Lipinski definition) is 1. The maximum absolute atomic E-state index is 13.7. The molecule has 0 bridgehead atoms. The van der Waals surface area contributed by atoms with Gasteiger partial charge in [0.25, 0.3) is 0 Å². The maximum Gasteiger partial charge on any atom is 0.134 e. The molecule has 2 nitrogen and oxygen atoms in total. The highest BCUT2D eigenvalue weighted by atomic mass is 35.5. The van der Waals surface area contributed by atoms with Crippen LogP contribution in [0.25, 0.3) is 10.6 Å². The minimum Gasteiger partial charge on any atom is -0.312 e. The van der Waals surface area contributed by atoms with Crippen molar-refractivity contribution in [2.24, 2.45) is 0 Å². The Labute approximate surface area is 108 Å². The number of nitrogens with zero attached hydrogens (tertiary/aromatic N) is 1. The number of halogens is 2. The summed E-state index contributed by atoms with van der Waals surface area (Å²) in [6.07, 6.45) is 1.76. The van der Waals surface area contributed by atoms with Crippen LogP contribution in [0.5, 0.6) is 0 Å². The molecule has 0 aliphatic carbocycles. The SMILES string of the molecule is CCNCc1cnc(-c2c(F)cccc2Cl)s1.